The van der Waals surface area contributed by atoms with Crippen LogP contribution in [0.1, 0.15) is 44.1 Å². The summed E-state index contributed by atoms with van der Waals surface area (Å²) in [6.07, 6.45) is -0.316. The molecule has 0 bridgehead atoms. The smallest absolute Gasteiger partial charge is 0.326 e. The molecule has 1 aromatic rings. The molecule has 202 valence electrons. The number of aliphatic carboxylic acids is 3. The number of carboxylic acids is 3. The van der Waals surface area contributed by atoms with Gasteiger partial charge < -0.3 is 36.6 Å². The van der Waals surface area contributed by atoms with E-state index in [1.165, 1.54) is 0 Å². The van der Waals surface area contributed by atoms with Crippen LogP contribution in [0, 0.1) is 0 Å². The SMILES string of the molecule is O=C(O)CC[C@H](NC(=O)[C@H](CCC(=O)O)NC(=O)[C@@H]1CCCN1)C(=O)N[C@@H](Cc1ccccc1)C(=O)O. The van der Waals surface area contributed by atoms with Crippen LogP contribution in [-0.2, 0) is 35.2 Å². The molecule has 4 atom stereocenters. The lowest BCUT2D eigenvalue weighted by Gasteiger charge is -2.25. The van der Waals surface area contributed by atoms with Crippen molar-refractivity contribution in [3.63, 3.8) is 0 Å². The lowest BCUT2D eigenvalue weighted by molar-refractivity contribution is -0.143. The molecule has 0 unspecified atom stereocenters. The second-order valence-electron chi connectivity index (χ2n) is 8.73. The van der Waals surface area contributed by atoms with E-state index >= 15 is 0 Å². The van der Waals surface area contributed by atoms with E-state index in [4.69, 9.17) is 10.2 Å². The molecule has 3 amide bonds. The standard InChI is InChI=1S/C24H32N4O9/c29-19(30)10-8-16(26-21(33)15-7-4-12-25-15)22(34)27-17(9-11-20(31)32)23(35)28-18(24(36)37)13-14-5-2-1-3-6-14/h1-3,5-6,15-18,25H,4,7-13H2,(H,26,33)(H,27,34)(H,28,35)(H,29,30)(H,31,32)(H,36,37)/t15-,16-,17-,18-/m0/s1. The van der Waals surface area contributed by atoms with Gasteiger partial charge in [0.15, 0.2) is 0 Å². The Morgan fingerprint density at radius 1 is 0.811 bits per heavy atom. The summed E-state index contributed by atoms with van der Waals surface area (Å²) in [7, 11) is 0. The molecule has 13 heteroatoms. The van der Waals surface area contributed by atoms with Crippen molar-refractivity contribution < 1.29 is 44.1 Å². The van der Waals surface area contributed by atoms with Crippen molar-refractivity contribution >= 4 is 35.6 Å². The summed E-state index contributed by atoms with van der Waals surface area (Å²) in [5.74, 6) is -6.06. The van der Waals surface area contributed by atoms with Crippen LogP contribution in [0.4, 0.5) is 0 Å². The molecular weight excluding hydrogens is 488 g/mol. The van der Waals surface area contributed by atoms with Crippen LogP contribution in [0.5, 0.6) is 0 Å². The zero-order valence-corrected chi connectivity index (χ0v) is 20.1. The van der Waals surface area contributed by atoms with Gasteiger partial charge in [0, 0.05) is 19.3 Å². The maximum Gasteiger partial charge on any atom is 0.326 e. The largest absolute Gasteiger partial charge is 0.481 e. The average molecular weight is 521 g/mol. The molecule has 2 rings (SSSR count). The Morgan fingerprint density at radius 3 is 1.84 bits per heavy atom. The van der Waals surface area contributed by atoms with Crippen molar-refractivity contribution in [2.24, 2.45) is 0 Å². The number of carboxylic acid groups (broad SMARTS) is 3. The summed E-state index contributed by atoms with van der Waals surface area (Å²) in [4.78, 5) is 72.4. The number of carbonyl (C=O) groups excluding carboxylic acids is 3. The number of hydrogen-bond acceptors (Lipinski definition) is 7. The Bertz CT molecular complexity index is 980. The van der Waals surface area contributed by atoms with Gasteiger partial charge in [-0.2, -0.15) is 0 Å². The van der Waals surface area contributed by atoms with Crippen LogP contribution in [0.3, 0.4) is 0 Å². The second-order valence-corrected chi connectivity index (χ2v) is 8.73. The lowest BCUT2D eigenvalue weighted by atomic mass is 10.0. The van der Waals surface area contributed by atoms with Gasteiger partial charge in [-0.1, -0.05) is 30.3 Å². The zero-order chi connectivity index (χ0) is 27.4. The molecule has 1 aliphatic heterocycles. The highest BCUT2D eigenvalue weighted by Gasteiger charge is 2.32. The van der Waals surface area contributed by atoms with Crippen molar-refractivity contribution in [1.29, 1.82) is 0 Å². The van der Waals surface area contributed by atoms with Crippen LogP contribution >= 0.6 is 0 Å². The van der Waals surface area contributed by atoms with Gasteiger partial charge in [0.1, 0.15) is 18.1 Å². The van der Waals surface area contributed by atoms with Crippen molar-refractivity contribution in [2.45, 2.75) is 69.1 Å². The molecule has 1 aliphatic rings. The number of rotatable bonds is 15. The second kappa shape index (κ2) is 14.5. The maximum absolute atomic E-state index is 13.0. The molecule has 1 fully saturated rings. The minimum absolute atomic E-state index is 0.0484. The predicted octanol–water partition coefficient (Wildman–Crippen LogP) is -0.750. The van der Waals surface area contributed by atoms with Crippen LogP contribution in [0.2, 0.25) is 0 Å². The molecule has 1 aromatic carbocycles. The van der Waals surface area contributed by atoms with Crippen LogP contribution < -0.4 is 21.3 Å². The van der Waals surface area contributed by atoms with Crippen LogP contribution in [0.25, 0.3) is 0 Å². The van der Waals surface area contributed by atoms with Gasteiger partial charge >= 0.3 is 17.9 Å². The average Bonchev–Trinajstić information content (AvgIpc) is 3.39. The number of benzene rings is 1. The Labute approximate surface area is 213 Å². The fourth-order valence-corrected chi connectivity index (χ4v) is 3.85. The predicted molar refractivity (Wildman–Crippen MR) is 128 cm³/mol. The Hall–Kier alpha value is -4.00. The van der Waals surface area contributed by atoms with Crippen molar-refractivity contribution in [3.05, 3.63) is 35.9 Å². The van der Waals surface area contributed by atoms with Gasteiger partial charge in [0.05, 0.1) is 6.04 Å². The summed E-state index contributed by atoms with van der Waals surface area (Å²) in [5, 5.41) is 37.8. The maximum atomic E-state index is 13.0. The summed E-state index contributed by atoms with van der Waals surface area (Å²) < 4.78 is 0. The van der Waals surface area contributed by atoms with Crippen molar-refractivity contribution in [1.82, 2.24) is 21.3 Å². The number of hydrogen-bond donors (Lipinski definition) is 7. The minimum atomic E-state index is -1.44. The molecule has 37 heavy (non-hydrogen) atoms. The topological polar surface area (TPSA) is 211 Å². The van der Waals surface area contributed by atoms with Crippen LogP contribution in [-0.4, -0.2) is 81.7 Å². The van der Waals surface area contributed by atoms with Gasteiger partial charge in [0.2, 0.25) is 17.7 Å². The summed E-state index contributed by atoms with van der Waals surface area (Å²) in [6.45, 7) is 0.620. The van der Waals surface area contributed by atoms with Gasteiger partial charge in [-0.15, -0.1) is 0 Å². The van der Waals surface area contributed by atoms with E-state index in [9.17, 15) is 33.9 Å². The zero-order valence-electron chi connectivity index (χ0n) is 20.1. The number of nitrogens with one attached hydrogen (secondary N) is 4. The molecule has 0 spiro atoms. The fourth-order valence-electron chi connectivity index (χ4n) is 3.85. The van der Waals surface area contributed by atoms with E-state index in [-0.39, 0.29) is 19.3 Å². The molecular formula is C24H32N4O9. The molecule has 0 radical (unpaired) electrons. The number of carbonyl (C=O) groups is 6. The number of amides is 3. The van der Waals surface area contributed by atoms with Gasteiger partial charge in [-0.05, 0) is 37.8 Å². The molecule has 0 aromatic heterocycles. The third-order valence-electron chi connectivity index (χ3n) is 5.83. The van der Waals surface area contributed by atoms with E-state index in [2.05, 4.69) is 21.3 Å². The van der Waals surface area contributed by atoms with Gasteiger partial charge in [-0.25, -0.2) is 4.79 Å². The van der Waals surface area contributed by atoms with Gasteiger partial charge in [0.25, 0.3) is 0 Å². The Morgan fingerprint density at radius 2 is 1.35 bits per heavy atom. The molecule has 1 saturated heterocycles. The summed E-state index contributed by atoms with van der Waals surface area (Å²) in [5.41, 5.74) is 0.637. The summed E-state index contributed by atoms with van der Waals surface area (Å²) in [6, 6.07) is 3.90. The third-order valence-corrected chi connectivity index (χ3v) is 5.83. The molecule has 7 N–H and O–H groups in total. The van der Waals surface area contributed by atoms with E-state index in [1.807, 2.05) is 0 Å². The Balaban J connectivity index is 2.14. The summed E-state index contributed by atoms with van der Waals surface area (Å²) >= 11 is 0. The van der Waals surface area contributed by atoms with Crippen molar-refractivity contribution in [3.8, 4) is 0 Å². The van der Waals surface area contributed by atoms with E-state index in [0.29, 0.717) is 18.5 Å². The molecule has 0 saturated carbocycles. The first kappa shape index (κ1) is 29.2. The highest BCUT2D eigenvalue weighted by atomic mass is 16.4. The van der Waals surface area contributed by atoms with Gasteiger partial charge in [-0.3, -0.25) is 24.0 Å². The van der Waals surface area contributed by atoms with E-state index in [0.717, 1.165) is 6.42 Å². The highest BCUT2D eigenvalue weighted by Crippen LogP contribution is 2.09. The quantitative estimate of drug-likeness (QED) is 0.154. The fraction of sp³-hybridized carbons (Fsp3) is 0.500. The van der Waals surface area contributed by atoms with Crippen molar-refractivity contribution in [2.75, 3.05) is 6.54 Å². The van der Waals surface area contributed by atoms with E-state index < -0.39 is 72.6 Å². The third kappa shape index (κ3) is 10.3. The highest BCUT2D eigenvalue weighted by molar-refractivity contribution is 5.94. The first-order valence-corrected chi connectivity index (χ1v) is 11.9. The normalized spacial score (nSPS) is 17.1. The monoisotopic (exact) mass is 520 g/mol. The van der Waals surface area contributed by atoms with E-state index in [1.54, 1.807) is 30.3 Å². The lowest BCUT2D eigenvalue weighted by Crippen LogP contribution is -2.57. The first-order chi connectivity index (χ1) is 17.6. The molecule has 1 heterocycles. The Kier molecular flexibility index (Phi) is 11.5. The van der Waals surface area contributed by atoms with Crippen LogP contribution in [0.15, 0.2) is 30.3 Å². The molecule has 13 nitrogen and oxygen atoms in total. The first-order valence-electron chi connectivity index (χ1n) is 11.9. The molecule has 0 aliphatic carbocycles. The minimum Gasteiger partial charge on any atom is -0.481 e.